The number of amides is 1. The highest BCUT2D eigenvalue weighted by molar-refractivity contribution is 5.94. The first-order valence-corrected chi connectivity index (χ1v) is 10.3. The first kappa shape index (κ1) is 20.8. The Morgan fingerprint density at radius 2 is 1.74 bits per heavy atom. The van der Waals surface area contributed by atoms with Crippen LogP contribution in [0, 0.1) is 10.1 Å². The van der Waals surface area contributed by atoms with Gasteiger partial charge in [0.15, 0.2) is 11.5 Å². The average molecular weight is 451 g/mol. The summed E-state index contributed by atoms with van der Waals surface area (Å²) < 4.78 is 7.65. The van der Waals surface area contributed by atoms with Gasteiger partial charge in [-0.15, -0.1) is 0 Å². The van der Waals surface area contributed by atoms with Crippen LogP contribution < -0.4 is 5.43 Å². The molecule has 0 saturated heterocycles. The number of carbonyl (C=O) groups is 1. The van der Waals surface area contributed by atoms with E-state index < -0.39 is 10.8 Å². The minimum Gasteiger partial charge on any atom is -0.454 e. The highest BCUT2D eigenvalue weighted by atomic mass is 16.6. The van der Waals surface area contributed by atoms with E-state index >= 15 is 0 Å². The van der Waals surface area contributed by atoms with Crippen molar-refractivity contribution in [3.05, 3.63) is 112 Å². The van der Waals surface area contributed by atoms with Gasteiger partial charge in [-0.3, -0.25) is 14.9 Å². The second kappa shape index (κ2) is 8.83. The van der Waals surface area contributed by atoms with Crippen molar-refractivity contribution in [3.8, 4) is 17.1 Å². The van der Waals surface area contributed by atoms with Gasteiger partial charge >= 0.3 is 0 Å². The maximum Gasteiger partial charge on any atom is 0.291 e. The van der Waals surface area contributed by atoms with Crippen LogP contribution >= 0.6 is 0 Å². The van der Waals surface area contributed by atoms with E-state index in [-0.39, 0.29) is 11.4 Å². The Bertz CT molecular complexity index is 1490. The molecule has 1 N–H and O–H groups in total. The van der Waals surface area contributed by atoms with Crippen molar-refractivity contribution in [2.24, 2.45) is 5.10 Å². The lowest BCUT2D eigenvalue weighted by atomic mass is 10.2. The minimum absolute atomic E-state index is 0.0225. The number of aromatic nitrogens is 2. The van der Waals surface area contributed by atoms with Crippen molar-refractivity contribution < 1.29 is 14.1 Å². The number of nitrogens with one attached hydrogen (secondary N) is 1. The quantitative estimate of drug-likeness (QED) is 0.223. The molecule has 9 nitrogen and oxygen atoms in total. The Labute approximate surface area is 193 Å². The Morgan fingerprint density at radius 3 is 2.47 bits per heavy atom. The fraction of sp³-hybridized carbons (Fsp3) is 0. The maximum absolute atomic E-state index is 12.8. The summed E-state index contributed by atoms with van der Waals surface area (Å²) in [5.41, 5.74) is 5.30. The largest absolute Gasteiger partial charge is 0.454 e. The number of benzene rings is 3. The molecule has 5 rings (SSSR count). The first-order chi connectivity index (χ1) is 16.6. The van der Waals surface area contributed by atoms with E-state index in [9.17, 15) is 14.9 Å². The summed E-state index contributed by atoms with van der Waals surface area (Å²) in [5, 5.41) is 20.1. The van der Waals surface area contributed by atoms with Crippen LogP contribution in [0.2, 0.25) is 0 Å². The zero-order valence-corrected chi connectivity index (χ0v) is 17.7. The first-order valence-electron chi connectivity index (χ1n) is 10.3. The third kappa shape index (κ3) is 4.17. The van der Waals surface area contributed by atoms with Crippen molar-refractivity contribution in [1.29, 1.82) is 0 Å². The molecule has 1 amide bonds. The molecule has 3 aromatic carbocycles. The molecular weight excluding hydrogens is 434 g/mol. The van der Waals surface area contributed by atoms with E-state index in [0.717, 1.165) is 16.7 Å². The standard InChI is InChI=1S/C25H17N5O4/c31-25(27-26-16-17-10-12-20(13-11-17)30(32)33)21-15-22(29(28-21)19-7-2-1-3-8-19)24-14-18-6-4-5-9-23(18)34-24/h1-16H,(H,27,31)/b26-16+. The van der Waals surface area contributed by atoms with Crippen LogP contribution in [0.5, 0.6) is 0 Å². The van der Waals surface area contributed by atoms with Crippen LogP contribution in [0.1, 0.15) is 16.1 Å². The molecule has 0 bridgehead atoms. The Morgan fingerprint density at radius 1 is 1.00 bits per heavy atom. The zero-order valence-electron chi connectivity index (χ0n) is 17.7. The van der Waals surface area contributed by atoms with Gasteiger partial charge in [0.25, 0.3) is 11.6 Å². The SMILES string of the molecule is O=C(N/N=C/c1ccc([N+](=O)[O-])cc1)c1cc(-c2cc3ccccc3o2)n(-c2ccccc2)n1. The molecule has 0 saturated carbocycles. The van der Waals surface area contributed by atoms with Gasteiger partial charge in [-0.05, 0) is 42.0 Å². The fourth-order valence-electron chi connectivity index (χ4n) is 3.45. The second-order valence-corrected chi connectivity index (χ2v) is 7.36. The number of hydrogen-bond donors (Lipinski definition) is 1. The van der Waals surface area contributed by atoms with Crippen molar-refractivity contribution in [1.82, 2.24) is 15.2 Å². The maximum atomic E-state index is 12.8. The van der Waals surface area contributed by atoms with Crippen LogP contribution in [0.3, 0.4) is 0 Å². The number of fused-ring (bicyclic) bond motifs is 1. The average Bonchev–Trinajstić information content (AvgIpc) is 3.49. The number of rotatable bonds is 6. The molecule has 0 spiro atoms. The number of furan rings is 1. The van der Waals surface area contributed by atoms with Crippen LogP contribution in [0.4, 0.5) is 5.69 Å². The van der Waals surface area contributed by atoms with Gasteiger partial charge in [0.2, 0.25) is 0 Å². The number of para-hydroxylation sites is 2. The van der Waals surface area contributed by atoms with Crippen molar-refractivity contribution in [2.75, 3.05) is 0 Å². The lowest BCUT2D eigenvalue weighted by molar-refractivity contribution is -0.384. The summed E-state index contributed by atoms with van der Waals surface area (Å²) in [4.78, 5) is 23.0. The molecule has 0 aliphatic rings. The number of non-ortho nitro benzene ring substituents is 1. The molecule has 2 heterocycles. The fourth-order valence-corrected chi connectivity index (χ4v) is 3.45. The van der Waals surface area contributed by atoms with E-state index in [0.29, 0.717) is 17.0 Å². The molecule has 0 unspecified atom stereocenters. The monoisotopic (exact) mass is 451 g/mol. The molecule has 0 atom stereocenters. The summed E-state index contributed by atoms with van der Waals surface area (Å²) in [7, 11) is 0. The summed E-state index contributed by atoms with van der Waals surface area (Å²) in [6.07, 6.45) is 1.40. The molecule has 2 aromatic heterocycles. The predicted octanol–water partition coefficient (Wildman–Crippen LogP) is 4.96. The Kier molecular flexibility index (Phi) is 5.41. The predicted molar refractivity (Wildman–Crippen MR) is 127 cm³/mol. The van der Waals surface area contributed by atoms with E-state index in [2.05, 4.69) is 15.6 Å². The zero-order chi connectivity index (χ0) is 23.5. The summed E-state index contributed by atoms with van der Waals surface area (Å²) in [6, 6.07) is 26.4. The molecule has 9 heteroatoms. The topological polar surface area (TPSA) is 116 Å². The lowest BCUT2D eigenvalue weighted by Crippen LogP contribution is -2.18. The summed E-state index contributed by atoms with van der Waals surface area (Å²) in [5.74, 6) is 0.0659. The molecule has 0 radical (unpaired) electrons. The van der Waals surface area contributed by atoms with Crippen molar-refractivity contribution >= 4 is 28.8 Å². The summed E-state index contributed by atoms with van der Waals surface area (Å²) >= 11 is 0. The third-order valence-electron chi connectivity index (χ3n) is 5.10. The highest BCUT2D eigenvalue weighted by Crippen LogP contribution is 2.30. The Balaban J connectivity index is 1.43. The molecule has 166 valence electrons. The normalized spacial score (nSPS) is 11.2. The van der Waals surface area contributed by atoms with Gasteiger partial charge in [0.05, 0.1) is 16.8 Å². The van der Waals surface area contributed by atoms with E-state index in [1.54, 1.807) is 10.7 Å². The van der Waals surface area contributed by atoms with Crippen molar-refractivity contribution in [2.45, 2.75) is 0 Å². The van der Waals surface area contributed by atoms with E-state index in [1.807, 2.05) is 60.7 Å². The van der Waals surface area contributed by atoms with Crippen LogP contribution in [0.25, 0.3) is 28.1 Å². The summed E-state index contributed by atoms with van der Waals surface area (Å²) in [6.45, 7) is 0. The number of carbonyl (C=O) groups excluding carboxylic acids is 1. The van der Waals surface area contributed by atoms with Gasteiger partial charge in [-0.25, -0.2) is 10.1 Å². The van der Waals surface area contributed by atoms with Crippen molar-refractivity contribution in [3.63, 3.8) is 0 Å². The van der Waals surface area contributed by atoms with E-state index in [1.165, 1.54) is 30.5 Å². The molecule has 34 heavy (non-hydrogen) atoms. The number of nitro groups is 1. The van der Waals surface area contributed by atoms with Gasteiger partial charge in [0.1, 0.15) is 11.3 Å². The highest BCUT2D eigenvalue weighted by Gasteiger charge is 2.19. The molecule has 0 aliphatic carbocycles. The Hall–Kier alpha value is -5.05. The van der Waals surface area contributed by atoms with Gasteiger partial charge in [-0.2, -0.15) is 10.2 Å². The molecule has 0 aliphatic heterocycles. The molecule has 5 aromatic rings. The minimum atomic E-state index is -0.509. The number of nitrogens with zero attached hydrogens (tertiary/aromatic N) is 4. The number of hydrazone groups is 1. The molecule has 0 fully saturated rings. The van der Waals surface area contributed by atoms with Crippen LogP contribution in [0.15, 0.2) is 101 Å². The number of nitro benzene ring substituents is 1. The van der Waals surface area contributed by atoms with Gasteiger partial charge in [0, 0.05) is 23.6 Å². The third-order valence-corrected chi connectivity index (χ3v) is 5.10. The van der Waals surface area contributed by atoms with Crippen LogP contribution in [-0.2, 0) is 0 Å². The van der Waals surface area contributed by atoms with Gasteiger partial charge in [-0.1, -0.05) is 36.4 Å². The smallest absolute Gasteiger partial charge is 0.291 e. The lowest BCUT2D eigenvalue weighted by Gasteiger charge is -2.04. The van der Waals surface area contributed by atoms with E-state index in [4.69, 9.17) is 4.42 Å². The van der Waals surface area contributed by atoms with Gasteiger partial charge < -0.3 is 4.42 Å². The number of hydrogen-bond acceptors (Lipinski definition) is 6. The van der Waals surface area contributed by atoms with Crippen LogP contribution in [-0.4, -0.2) is 26.8 Å². The molecular formula is C25H17N5O4. The second-order valence-electron chi connectivity index (χ2n) is 7.36.